The second kappa shape index (κ2) is 10.2. The van der Waals surface area contributed by atoms with E-state index in [-0.39, 0.29) is 24.2 Å². The molecule has 1 amide bonds. The van der Waals surface area contributed by atoms with E-state index in [1.807, 2.05) is 40.6 Å². The standard InChI is InChI=1S/C18H20N2O3S.C2HF3O2/c21-18(16-5-3-11-24-16)20-9-10-22-17-14(20)6-7-15(17)23-12-13-4-1-2-8-19-13;3-2(4,5)1(6)7/h1-5,8,11,14-15,17H,6-7,9-10,12H2;(H,6,7)/t14-,15+,17+;/m0./s1. The summed E-state index contributed by atoms with van der Waals surface area (Å²) in [7, 11) is 0. The number of rotatable bonds is 4. The number of carbonyl (C=O) groups excluding carboxylic acids is 1. The van der Waals surface area contributed by atoms with Gasteiger partial charge in [0, 0.05) is 12.7 Å². The van der Waals surface area contributed by atoms with Crippen molar-refractivity contribution in [2.24, 2.45) is 0 Å². The van der Waals surface area contributed by atoms with Gasteiger partial charge in [0.1, 0.15) is 6.10 Å². The average Bonchev–Trinajstić information content (AvgIpc) is 3.42. The monoisotopic (exact) mass is 458 g/mol. The SMILES string of the molecule is O=C(O)C(F)(F)F.O=C(c1cccs1)N1CCO[C@H]2[C@H](OCc3ccccn3)CC[C@@H]21. The van der Waals surface area contributed by atoms with Crippen molar-refractivity contribution in [1.82, 2.24) is 9.88 Å². The maximum absolute atomic E-state index is 12.7. The minimum atomic E-state index is -5.08. The average molecular weight is 458 g/mol. The van der Waals surface area contributed by atoms with Crippen molar-refractivity contribution >= 4 is 23.2 Å². The Morgan fingerprint density at radius 3 is 2.65 bits per heavy atom. The zero-order valence-corrected chi connectivity index (χ0v) is 17.1. The van der Waals surface area contributed by atoms with Crippen molar-refractivity contribution < 1.29 is 37.3 Å². The normalized spacial score (nSPS) is 22.9. The van der Waals surface area contributed by atoms with Gasteiger partial charge >= 0.3 is 12.1 Å². The molecule has 0 spiro atoms. The number of carbonyl (C=O) groups is 2. The molecule has 4 rings (SSSR count). The van der Waals surface area contributed by atoms with Crippen LogP contribution in [0.1, 0.15) is 28.2 Å². The van der Waals surface area contributed by atoms with Gasteiger partial charge < -0.3 is 19.5 Å². The van der Waals surface area contributed by atoms with E-state index in [4.69, 9.17) is 19.4 Å². The van der Waals surface area contributed by atoms with Crippen LogP contribution in [0.5, 0.6) is 0 Å². The first-order chi connectivity index (χ1) is 14.8. The van der Waals surface area contributed by atoms with E-state index in [0.717, 1.165) is 23.4 Å². The van der Waals surface area contributed by atoms with Gasteiger partial charge in [0.2, 0.25) is 0 Å². The van der Waals surface area contributed by atoms with E-state index >= 15 is 0 Å². The molecule has 11 heteroatoms. The van der Waals surface area contributed by atoms with Gasteiger partial charge in [-0.15, -0.1) is 11.3 Å². The number of carboxylic acids is 1. The van der Waals surface area contributed by atoms with Crippen molar-refractivity contribution in [2.75, 3.05) is 13.2 Å². The third-order valence-corrected chi connectivity index (χ3v) is 5.80. The number of halogens is 3. The molecule has 2 aromatic heterocycles. The van der Waals surface area contributed by atoms with Gasteiger partial charge in [-0.2, -0.15) is 13.2 Å². The van der Waals surface area contributed by atoms with E-state index in [2.05, 4.69) is 4.98 Å². The fraction of sp³-hybridized carbons (Fsp3) is 0.450. The highest BCUT2D eigenvalue weighted by atomic mass is 32.1. The van der Waals surface area contributed by atoms with Gasteiger partial charge in [0.05, 0.1) is 35.9 Å². The number of aromatic nitrogens is 1. The lowest BCUT2D eigenvalue weighted by molar-refractivity contribution is -0.192. The van der Waals surface area contributed by atoms with Gasteiger partial charge in [-0.1, -0.05) is 12.1 Å². The van der Waals surface area contributed by atoms with Crippen LogP contribution in [0.3, 0.4) is 0 Å². The number of fused-ring (bicyclic) bond motifs is 1. The topological polar surface area (TPSA) is 89.0 Å². The van der Waals surface area contributed by atoms with Crippen molar-refractivity contribution in [3.05, 3.63) is 52.5 Å². The Morgan fingerprint density at radius 1 is 1.26 bits per heavy atom. The molecule has 0 radical (unpaired) electrons. The number of hydrogen-bond donors (Lipinski definition) is 1. The first-order valence-electron chi connectivity index (χ1n) is 9.55. The van der Waals surface area contributed by atoms with Crippen LogP contribution in [0.4, 0.5) is 13.2 Å². The van der Waals surface area contributed by atoms with E-state index in [0.29, 0.717) is 19.8 Å². The van der Waals surface area contributed by atoms with Crippen LogP contribution in [-0.2, 0) is 20.9 Å². The van der Waals surface area contributed by atoms with Gasteiger partial charge in [-0.05, 0) is 36.4 Å². The minimum absolute atomic E-state index is 0.0240. The van der Waals surface area contributed by atoms with E-state index < -0.39 is 12.1 Å². The molecule has 31 heavy (non-hydrogen) atoms. The number of hydrogen-bond acceptors (Lipinski definition) is 6. The summed E-state index contributed by atoms with van der Waals surface area (Å²) < 4.78 is 43.8. The highest BCUT2D eigenvalue weighted by Gasteiger charge is 2.45. The molecule has 3 atom stereocenters. The number of amides is 1. The Morgan fingerprint density at radius 2 is 2.03 bits per heavy atom. The van der Waals surface area contributed by atoms with Crippen LogP contribution in [0, 0.1) is 0 Å². The van der Waals surface area contributed by atoms with Gasteiger partial charge in [0.15, 0.2) is 0 Å². The largest absolute Gasteiger partial charge is 0.490 e. The number of thiophene rings is 1. The quantitative estimate of drug-likeness (QED) is 0.756. The molecule has 7 nitrogen and oxygen atoms in total. The van der Waals surface area contributed by atoms with Crippen LogP contribution < -0.4 is 0 Å². The van der Waals surface area contributed by atoms with Crippen LogP contribution >= 0.6 is 11.3 Å². The smallest absolute Gasteiger partial charge is 0.475 e. The Hall–Kier alpha value is -2.50. The van der Waals surface area contributed by atoms with E-state index in [1.54, 1.807) is 6.20 Å². The molecule has 1 aliphatic carbocycles. The summed E-state index contributed by atoms with van der Waals surface area (Å²) in [5.74, 6) is -2.64. The van der Waals surface area contributed by atoms with Crippen LogP contribution in [0.2, 0.25) is 0 Å². The highest BCUT2D eigenvalue weighted by molar-refractivity contribution is 7.12. The molecule has 0 aromatic carbocycles. The fourth-order valence-corrected chi connectivity index (χ4v) is 4.24. The van der Waals surface area contributed by atoms with Crippen molar-refractivity contribution in [1.29, 1.82) is 0 Å². The number of nitrogens with zero attached hydrogens (tertiary/aromatic N) is 2. The van der Waals surface area contributed by atoms with Crippen LogP contribution in [0.25, 0.3) is 0 Å². The molecule has 1 saturated heterocycles. The molecule has 2 aromatic rings. The molecule has 1 N–H and O–H groups in total. The number of morpholine rings is 1. The van der Waals surface area contributed by atoms with Crippen LogP contribution in [-0.4, -0.2) is 64.4 Å². The van der Waals surface area contributed by atoms with Gasteiger partial charge in [0.25, 0.3) is 5.91 Å². The summed E-state index contributed by atoms with van der Waals surface area (Å²) in [5, 5.41) is 9.07. The molecule has 2 fully saturated rings. The molecular weight excluding hydrogens is 437 g/mol. The Labute approximate surface area is 180 Å². The molecule has 2 aliphatic rings. The number of alkyl halides is 3. The maximum Gasteiger partial charge on any atom is 0.490 e. The van der Waals surface area contributed by atoms with Gasteiger partial charge in [-0.25, -0.2) is 4.79 Å². The predicted molar refractivity (Wildman–Crippen MR) is 105 cm³/mol. The van der Waals surface area contributed by atoms with Gasteiger partial charge in [-0.3, -0.25) is 9.78 Å². The molecule has 0 bridgehead atoms. The highest BCUT2D eigenvalue weighted by Crippen LogP contribution is 2.33. The third kappa shape index (κ3) is 6.02. The Bertz CT molecular complexity index is 863. The summed E-state index contributed by atoms with van der Waals surface area (Å²) in [5.41, 5.74) is 0.920. The summed E-state index contributed by atoms with van der Waals surface area (Å²) >= 11 is 1.50. The molecule has 168 valence electrons. The first-order valence-corrected chi connectivity index (χ1v) is 10.4. The summed E-state index contributed by atoms with van der Waals surface area (Å²) in [4.78, 5) is 28.7. The Kier molecular flexibility index (Phi) is 7.63. The predicted octanol–water partition coefficient (Wildman–Crippen LogP) is 3.37. The van der Waals surface area contributed by atoms with E-state index in [1.165, 1.54) is 11.3 Å². The summed E-state index contributed by atoms with van der Waals surface area (Å²) in [6.07, 6.45) is -1.48. The molecule has 1 saturated carbocycles. The van der Waals surface area contributed by atoms with E-state index in [9.17, 15) is 18.0 Å². The lowest BCUT2D eigenvalue weighted by Gasteiger charge is -2.38. The third-order valence-electron chi connectivity index (χ3n) is 4.94. The molecule has 3 heterocycles. The van der Waals surface area contributed by atoms with Crippen molar-refractivity contribution in [3.8, 4) is 0 Å². The minimum Gasteiger partial charge on any atom is -0.475 e. The molecule has 1 aliphatic heterocycles. The number of carboxylic acid groups (broad SMARTS) is 1. The second-order valence-corrected chi connectivity index (χ2v) is 7.88. The zero-order chi connectivity index (χ0) is 22.4. The molecule has 0 unspecified atom stereocenters. The number of ether oxygens (including phenoxy) is 2. The van der Waals surface area contributed by atoms with Crippen LogP contribution in [0.15, 0.2) is 41.9 Å². The zero-order valence-electron chi connectivity index (χ0n) is 16.3. The lowest BCUT2D eigenvalue weighted by atomic mass is 10.1. The first kappa shape index (κ1) is 23.2. The maximum atomic E-state index is 12.7. The Balaban J connectivity index is 0.000000339. The van der Waals surface area contributed by atoms with Crippen molar-refractivity contribution in [2.45, 2.75) is 43.9 Å². The lowest BCUT2D eigenvalue weighted by Crippen LogP contribution is -2.53. The summed E-state index contributed by atoms with van der Waals surface area (Å²) in [6, 6.07) is 9.74. The fourth-order valence-electron chi connectivity index (χ4n) is 3.56. The second-order valence-electron chi connectivity index (χ2n) is 6.93. The summed E-state index contributed by atoms with van der Waals surface area (Å²) in [6.45, 7) is 1.71. The molecular formula is C20H21F3N2O5S. The number of pyridine rings is 1. The number of aliphatic carboxylic acids is 1. The van der Waals surface area contributed by atoms with Crippen molar-refractivity contribution in [3.63, 3.8) is 0 Å².